The van der Waals surface area contributed by atoms with Gasteiger partial charge in [-0.15, -0.1) is 24.0 Å². The van der Waals surface area contributed by atoms with Crippen LogP contribution in [0.15, 0.2) is 72.1 Å². The molecule has 0 aliphatic carbocycles. The predicted molar refractivity (Wildman–Crippen MR) is 143 cm³/mol. The predicted octanol–water partition coefficient (Wildman–Crippen LogP) is 3.67. The average molecular weight is 575 g/mol. The molecule has 0 saturated heterocycles. The molecule has 2 heterocycles. The lowest BCUT2D eigenvalue weighted by molar-refractivity contribution is -0.116. The lowest BCUT2D eigenvalue weighted by atomic mass is 10.1. The first-order chi connectivity index (χ1) is 16.1. The van der Waals surface area contributed by atoms with E-state index in [-0.39, 0.29) is 42.2 Å². The van der Waals surface area contributed by atoms with Gasteiger partial charge in [0, 0.05) is 55.3 Å². The maximum Gasteiger partial charge on any atom is 0.246 e. The fraction of sp³-hybridized carbons (Fsp3) is 0.208. The van der Waals surface area contributed by atoms with Gasteiger partial charge in [0.15, 0.2) is 5.96 Å². The molecule has 4 aromatic rings. The van der Waals surface area contributed by atoms with Gasteiger partial charge in [0.05, 0.1) is 0 Å². The van der Waals surface area contributed by atoms with Crippen LogP contribution in [0.1, 0.15) is 11.1 Å². The number of nitrogens with one attached hydrogen (secondary N) is 4. The number of hydrogen-bond acceptors (Lipinski definition) is 3. The van der Waals surface area contributed by atoms with E-state index in [0.717, 1.165) is 34.1 Å². The minimum atomic E-state index is -0.242. The van der Waals surface area contributed by atoms with Crippen LogP contribution in [0.4, 0.5) is 10.1 Å². The van der Waals surface area contributed by atoms with Crippen molar-refractivity contribution in [3.63, 3.8) is 0 Å². The Balaban J connectivity index is 0.00000324. The van der Waals surface area contributed by atoms with Gasteiger partial charge in [0.1, 0.15) is 12.4 Å². The van der Waals surface area contributed by atoms with Crippen molar-refractivity contribution in [1.82, 2.24) is 25.4 Å². The Bertz CT molecular complexity index is 1250. The van der Waals surface area contributed by atoms with E-state index in [9.17, 15) is 9.18 Å². The van der Waals surface area contributed by atoms with Crippen LogP contribution in [0.2, 0.25) is 0 Å². The lowest BCUT2D eigenvalue weighted by Crippen LogP contribution is -2.37. The number of nitrogens with zero attached hydrogens (tertiary/aromatic N) is 3. The number of rotatable bonds is 8. The number of fused-ring (bicyclic) bond motifs is 1. The molecule has 34 heavy (non-hydrogen) atoms. The van der Waals surface area contributed by atoms with Gasteiger partial charge >= 0.3 is 0 Å². The molecule has 178 valence electrons. The van der Waals surface area contributed by atoms with Gasteiger partial charge in [-0.1, -0.05) is 12.1 Å². The molecular formula is C24H27FIN7O. The number of H-pyrrole nitrogens is 1. The third-order valence-corrected chi connectivity index (χ3v) is 5.18. The Kier molecular flexibility index (Phi) is 9.02. The summed E-state index contributed by atoms with van der Waals surface area (Å²) in [5.74, 6) is 0.279. The van der Waals surface area contributed by atoms with E-state index in [4.69, 9.17) is 0 Å². The molecule has 2 aromatic carbocycles. The topological polar surface area (TPSA) is 99.1 Å². The zero-order valence-corrected chi connectivity index (χ0v) is 21.0. The van der Waals surface area contributed by atoms with Crippen LogP contribution < -0.4 is 16.0 Å². The van der Waals surface area contributed by atoms with Crippen LogP contribution in [0.25, 0.3) is 10.9 Å². The van der Waals surface area contributed by atoms with Crippen LogP contribution in [-0.2, 0) is 24.3 Å². The molecule has 0 unspecified atom stereocenters. The number of amides is 1. The minimum absolute atomic E-state index is 0. The summed E-state index contributed by atoms with van der Waals surface area (Å²) >= 11 is 0. The Hall–Kier alpha value is -3.41. The molecule has 4 rings (SSSR count). The number of carbonyl (C=O) groups is 1. The van der Waals surface area contributed by atoms with E-state index in [2.05, 4.69) is 31.0 Å². The molecule has 0 aliphatic rings. The van der Waals surface area contributed by atoms with E-state index in [1.807, 2.05) is 30.5 Å². The third kappa shape index (κ3) is 6.80. The molecule has 0 radical (unpaired) electrons. The van der Waals surface area contributed by atoms with Crippen molar-refractivity contribution in [2.45, 2.75) is 19.5 Å². The number of anilines is 1. The molecule has 0 atom stereocenters. The number of halogens is 2. The maximum atomic E-state index is 13.6. The smallest absolute Gasteiger partial charge is 0.246 e. The second kappa shape index (κ2) is 12.2. The number of aliphatic imine (C=N–C) groups is 1. The molecule has 2 aromatic heterocycles. The highest BCUT2D eigenvalue weighted by atomic mass is 127. The molecule has 8 nitrogen and oxygen atoms in total. The maximum absolute atomic E-state index is 13.6. The van der Waals surface area contributed by atoms with Crippen molar-refractivity contribution in [3.8, 4) is 0 Å². The van der Waals surface area contributed by atoms with Gasteiger partial charge in [0.25, 0.3) is 0 Å². The summed E-state index contributed by atoms with van der Waals surface area (Å²) in [6, 6.07) is 14.2. The minimum Gasteiger partial charge on any atom is -0.361 e. The van der Waals surface area contributed by atoms with Gasteiger partial charge in [0.2, 0.25) is 5.91 Å². The van der Waals surface area contributed by atoms with E-state index in [1.54, 1.807) is 42.3 Å². The zero-order valence-electron chi connectivity index (χ0n) is 18.7. The number of aromatic nitrogens is 3. The van der Waals surface area contributed by atoms with Gasteiger partial charge in [-0.25, -0.2) is 4.39 Å². The molecule has 0 aliphatic heterocycles. The number of aromatic amines is 1. The zero-order chi connectivity index (χ0) is 23.0. The van der Waals surface area contributed by atoms with Crippen molar-refractivity contribution in [3.05, 3.63) is 84.1 Å². The Morgan fingerprint density at radius 2 is 2.06 bits per heavy atom. The number of guanidine groups is 1. The summed E-state index contributed by atoms with van der Waals surface area (Å²) in [5.41, 5.74) is 3.69. The largest absolute Gasteiger partial charge is 0.361 e. The fourth-order valence-electron chi connectivity index (χ4n) is 3.58. The first-order valence-electron chi connectivity index (χ1n) is 10.7. The van der Waals surface area contributed by atoms with Gasteiger partial charge in [-0.2, -0.15) is 5.10 Å². The first-order valence-corrected chi connectivity index (χ1v) is 10.7. The normalized spacial score (nSPS) is 11.2. The van der Waals surface area contributed by atoms with E-state index >= 15 is 0 Å². The van der Waals surface area contributed by atoms with Crippen LogP contribution >= 0.6 is 24.0 Å². The van der Waals surface area contributed by atoms with E-state index < -0.39 is 0 Å². The summed E-state index contributed by atoms with van der Waals surface area (Å²) in [6.07, 6.45) is 6.02. The lowest BCUT2D eigenvalue weighted by Gasteiger charge is -2.13. The molecular weight excluding hydrogens is 548 g/mol. The fourth-order valence-corrected chi connectivity index (χ4v) is 3.58. The highest BCUT2D eigenvalue weighted by Crippen LogP contribution is 2.19. The first kappa shape index (κ1) is 25.2. The average Bonchev–Trinajstić information content (AvgIpc) is 3.46. The van der Waals surface area contributed by atoms with Crippen molar-refractivity contribution in [2.24, 2.45) is 4.99 Å². The summed E-state index contributed by atoms with van der Waals surface area (Å²) in [4.78, 5) is 19.6. The Morgan fingerprint density at radius 3 is 2.85 bits per heavy atom. The SMILES string of the molecule is CN=C(NCCc1c[nH]c2ccc(F)cc12)NCc1cccc(NC(=O)Cn2cccn2)c1.I. The summed E-state index contributed by atoms with van der Waals surface area (Å²) < 4.78 is 15.1. The van der Waals surface area contributed by atoms with E-state index in [0.29, 0.717) is 19.0 Å². The third-order valence-electron chi connectivity index (χ3n) is 5.18. The van der Waals surface area contributed by atoms with Gasteiger partial charge < -0.3 is 20.9 Å². The highest BCUT2D eigenvalue weighted by Gasteiger charge is 2.07. The van der Waals surface area contributed by atoms with Crippen LogP contribution in [0.5, 0.6) is 0 Å². The highest BCUT2D eigenvalue weighted by molar-refractivity contribution is 14.0. The molecule has 0 spiro atoms. The van der Waals surface area contributed by atoms with Crippen LogP contribution in [0.3, 0.4) is 0 Å². The Morgan fingerprint density at radius 1 is 1.18 bits per heavy atom. The molecule has 1 amide bonds. The molecule has 0 bridgehead atoms. The number of carbonyl (C=O) groups excluding carboxylic acids is 1. The number of benzene rings is 2. The van der Waals surface area contributed by atoms with Crippen molar-refractivity contribution >= 4 is 52.4 Å². The molecule has 0 saturated carbocycles. The summed E-state index contributed by atoms with van der Waals surface area (Å²) in [5, 5.41) is 14.4. The summed E-state index contributed by atoms with van der Waals surface area (Å²) in [6.45, 7) is 1.35. The van der Waals surface area contributed by atoms with Crippen molar-refractivity contribution < 1.29 is 9.18 Å². The van der Waals surface area contributed by atoms with Gasteiger partial charge in [-0.05, 0) is 53.9 Å². The molecule has 4 N–H and O–H groups in total. The monoisotopic (exact) mass is 575 g/mol. The van der Waals surface area contributed by atoms with Crippen LogP contribution in [-0.4, -0.2) is 40.2 Å². The van der Waals surface area contributed by atoms with E-state index in [1.165, 1.54) is 6.07 Å². The van der Waals surface area contributed by atoms with Crippen molar-refractivity contribution in [2.75, 3.05) is 18.9 Å². The van der Waals surface area contributed by atoms with Crippen LogP contribution in [0, 0.1) is 5.82 Å². The number of hydrogen-bond donors (Lipinski definition) is 4. The second-order valence-electron chi connectivity index (χ2n) is 7.56. The van der Waals surface area contributed by atoms with Crippen molar-refractivity contribution in [1.29, 1.82) is 0 Å². The standard InChI is InChI=1S/C24H26FN7O.HI/c1-26-24(27-10-8-18-15-28-22-7-6-19(25)13-21(18)22)29-14-17-4-2-5-20(12-17)31-23(33)16-32-11-3-9-30-32;/h2-7,9,11-13,15,28H,8,10,14,16H2,1H3,(H,31,33)(H2,26,27,29);1H. The quantitative estimate of drug-likeness (QED) is 0.147. The summed E-state index contributed by atoms with van der Waals surface area (Å²) in [7, 11) is 1.71. The second-order valence-corrected chi connectivity index (χ2v) is 7.56. The Labute approximate surface area is 214 Å². The van der Waals surface area contributed by atoms with Gasteiger partial charge in [-0.3, -0.25) is 14.5 Å². The molecule has 0 fully saturated rings. The molecule has 10 heteroatoms.